The molecule has 0 aromatic carbocycles. The van der Waals surface area contributed by atoms with E-state index in [4.69, 9.17) is 4.84 Å². The first-order valence-corrected chi connectivity index (χ1v) is 12.8. The van der Waals surface area contributed by atoms with E-state index >= 15 is 0 Å². The van der Waals surface area contributed by atoms with Crippen LogP contribution in [0.4, 0.5) is 5.82 Å². The number of carbonyl (C=O) groups excluding carboxylic acids is 2. The van der Waals surface area contributed by atoms with Crippen LogP contribution in [0, 0.1) is 5.92 Å². The molecule has 7 nitrogen and oxygen atoms in total. The van der Waals surface area contributed by atoms with Crippen LogP contribution in [0.3, 0.4) is 0 Å². The molecule has 7 heteroatoms. The van der Waals surface area contributed by atoms with Crippen molar-refractivity contribution in [1.82, 2.24) is 15.8 Å². The van der Waals surface area contributed by atoms with Crippen molar-refractivity contribution >= 4 is 17.6 Å². The predicted octanol–water partition coefficient (Wildman–Crippen LogP) is 4.72. The summed E-state index contributed by atoms with van der Waals surface area (Å²) in [5, 5.41) is 6.00. The maximum Gasteiger partial charge on any atom is 0.252 e. The van der Waals surface area contributed by atoms with E-state index < -0.39 is 6.04 Å². The highest BCUT2D eigenvalue weighted by Gasteiger charge is 2.33. The molecule has 2 unspecified atom stereocenters. The van der Waals surface area contributed by atoms with Crippen LogP contribution in [-0.4, -0.2) is 28.9 Å². The van der Waals surface area contributed by atoms with E-state index in [9.17, 15) is 9.59 Å². The Morgan fingerprint density at radius 3 is 2.30 bits per heavy atom. The Bertz CT molecular complexity index is 824. The van der Waals surface area contributed by atoms with Crippen molar-refractivity contribution in [1.29, 1.82) is 0 Å². The standard InChI is InChI=1S/C26H38N4O3/c1-18-22(17-33-30-18)25(31)29-24(20-12-6-3-2-4-7-13-20)26(32)28-23-15-14-21(16-27-23)19-10-8-5-9-11-19/h14-20,24,30H,2-13H2,1H3,(H,29,31)(H,27,28,32). The molecule has 2 saturated carbocycles. The second-order valence-electron chi connectivity index (χ2n) is 9.89. The van der Waals surface area contributed by atoms with E-state index in [0.29, 0.717) is 17.3 Å². The summed E-state index contributed by atoms with van der Waals surface area (Å²) in [6.45, 7) is 1.86. The molecule has 2 fully saturated rings. The molecule has 4 rings (SSSR count). The van der Waals surface area contributed by atoms with E-state index in [1.54, 1.807) is 0 Å². The number of carbonyl (C=O) groups is 2. The first kappa shape index (κ1) is 23.7. The number of aromatic nitrogens is 1. The van der Waals surface area contributed by atoms with Crippen molar-refractivity contribution in [3.05, 3.63) is 35.7 Å². The second kappa shape index (κ2) is 11.6. The fraction of sp³-hybridized carbons (Fsp3) is 0.654. The van der Waals surface area contributed by atoms with Gasteiger partial charge < -0.3 is 15.5 Å². The molecule has 2 aliphatic carbocycles. The number of hydroxylamine groups is 1. The van der Waals surface area contributed by atoms with Crippen LogP contribution in [0.5, 0.6) is 0 Å². The maximum absolute atomic E-state index is 13.4. The lowest BCUT2D eigenvalue weighted by Crippen LogP contribution is -2.50. The maximum atomic E-state index is 13.4. The highest BCUT2D eigenvalue weighted by atomic mass is 16.6. The Kier molecular flexibility index (Phi) is 8.37. The Balaban J connectivity index is 1.45. The summed E-state index contributed by atoms with van der Waals surface area (Å²) in [5.74, 6) is 0.794. The lowest BCUT2D eigenvalue weighted by Gasteiger charge is -2.29. The van der Waals surface area contributed by atoms with Crippen LogP contribution in [0.25, 0.3) is 0 Å². The summed E-state index contributed by atoms with van der Waals surface area (Å²) < 4.78 is 0. The summed E-state index contributed by atoms with van der Waals surface area (Å²) in [7, 11) is 0. The molecule has 2 atom stereocenters. The van der Waals surface area contributed by atoms with E-state index in [1.165, 1.54) is 63.2 Å². The molecule has 0 radical (unpaired) electrons. The molecule has 0 bridgehead atoms. The lowest BCUT2D eigenvalue weighted by atomic mass is 9.85. The molecule has 1 aliphatic heterocycles. The quantitative estimate of drug-likeness (QED) is 0.578. The van der Waals surface area contributed by atoms with Gasteiger partial charge in [-0.1, -0.05) is 57.4 Å². The van der Waals surface area contributed by atoms with Gasteiger partial charge in [-0.3, -0.25) is 9.59 Å². The molecule has 0 saturated heterocycles. The zero-order valence-corrected chi connectivity index (χ0v) is 19.8. The van der Waals surface area contributed by atoms with Crippen LogP contribution >= 0.6 is 0 Å². The summed E-state index contributed by atoms with van der Waals surface area (Å²) in [5.41, 5.74) is 4.52. The fourth-order valence-electron chi connectivity index (χ4n) is 5.42. The smallest absolute Gasteiger partial charge is 0.252 e. The largest absolute Gasteiger partial charge is 0.415 e. The van der Waals surface area contributed by atoms with Crippen LogP contribution in [0.1, 0.15) is 95.5 Å². The molecule has 3 aliphatic rings. The molecular formula is C26H38N4O3. The monoisotopic (exact) mass is 454 g/mol. The zero-order valence-electron chi connectivity index (χ0n) is 19.8. The van der Waals surface area contributed by atoms with Gasteiger partial charge >= 0.3 is 0 Å². The van der Waals surface area contributed by atoms with Gasteiger partial charge in [-0.2, -0.15) is 0 Å². The average Bonchev–Trinajstić information content (AvgIpc) is 3.25. The highest BCUT2D eigenvalue weighted by molar-refractivity contribution is 6.01. The summed E-state index contributed by atoms with van der Waals surface area (Å²) in [6, 6.07) is 3.19. The zero-order chi connectivity index (χ0) is 23.0. The summed E-state index contributed by atoms with van der Waals surface area (Å²) in [4.78, 5) is 36.0. The molecule has 33 heavy (non-hydrogen) atoms. The van der Waals surface area contributed by atoms with Crippen LogP contribution in [0.2, 0.25) is 0 Å². The minimum absolute atomic E-state index is 0.113. The first-order valence-electron chi connectivity index (χ1n) is 12.8. The van der Waals surface area contributed by atoms with Gasteiger partial charge in [0.25, 0.3) is 5.91 Å². The first-order chi connectivity index (χ1) is 16.1. The highest BCUT2D eigenvalue weighted by Crippen LogP contribution is 2.32. The number of anilines is 1. The van der Waals surface area contributed by atoms with Gasteiger partial charge in [0, 0.05) is 6.20 Å². The number of nitrogens with one attached hydrogen (secondary N) is 3. The topological polar surface area (TPSA) is 92.4 Å². The Morgan fingerprint density at radius 1 is 1.00 bits per heavy atom. The van der Waals surface area contributed by atoms with E-state index in [-0.39, 0.29) is 23.8 Å². The number of pyridine rings is 1. The molecule has 0 spiro atoms. The van der Waals surface area contributed by atoms with Crippen molar-refractivity contribution in [3.8, 4) is 0 Å². The van der Waals surface area contributed by atoms with E-state index in [0.717, 1.165) is 25.7 Å². The van der Waals surface area contributed by atoms with Crippen molar-refractivity contribution in [3.63, 3.8) is 0 Å². The third-order valence-corrected chi connectivity index (χ3v) is 7.46. The van der Waals surface area contributed by atoms with Crippen LogP contribution in [0.15, 0.2) is 30.2 Å². The van der Waals surface area contributed by atoms with Crippen LogP contribution in [-0.2, 0) is 14.4 Å². The second-order valence-corrected chi connectivity index (χ2v) is 9.89. The van der Waals surface area contributed by atoms with Gasteiger partial charge in [-0.25, -0.2) is 4.98 Å². The molecule has 1 aromatic rings. The predicted molar refractivity (Wildman–Crippen MR) is 128 cm³/mol. The molecule has 3 N–H and O–H groups in total. The minimum Gasteiger partial charge on any atom is -0.415 e. The van der Waals surface area contributed by atoms with Gasteiger partial charge in [0.15, 0.2) is 0 Å². The van der Waals surface area contributed by atoms with E-state index in [2.05, 4.69) is 27.2 Å². The van der Waals surface area contributed by atoms with Crippen molar-refractivity contribution < 1.29 is 14.4 Å². The lowest BCUT2D eigenvalue weighted by molar-refractivity contribution is -0.125. The Labute approximate surface area is 197 Å². The fourth-order valence-corrected chi connectivity index (χ4v) is 5.42. The average molecular weight is 455 g/mol. The molecule has 2 heterocycles. The minimum atomic E-state index is -0.593. The number of rotatable bonds is 6. The van der Waals surface area contributed by atoms with Gasteiger partial charge in [0.05, 0.1) is 11.6 Å². The Morgan fingerprint density at radius 2 is 1.67 bits per heavy atom. The normalized spacial score (nSPS) is 23.5. The van der Waals surface area contributed by atoms with Gasteiger partial charge in [0.1, 0.15) is 18.1 Å². The Hall–Kier alpha value is -2.41. The van der Waals surface area contributed by atoms with Crippen LogP contribution < -0.4 is 16.1 Å². The third kappa shape index (κ3) is 6.34. The van der Waals surface area contributed by atoms with E-state index in [1.807, 2.05) is 19.2 Å². The number of hydrogen-bond acceptors (Lipinski definition) is 5. The van der Waals surface area contributed by atoms with Gasteiger partial charge in [-0.05, 0) is 56.1 Å². The summed E-state index contributed by atoms with van der Waals surface area (Å²) >= 11 is 0. The number of hydrogen-bond donors (Lipinski definition) is 3. The number of nitrogens with zero attached hydrogens (tertiary/aromatic N) is 1. The molecular weight excluding hydrogens is 416 g/mol. The third-order valence-electron chi connectivity index (χ3n) is 7.46. The molecule has 2 amide bonds. The summed E-state index contributed by atoms with van der Waals surface area (Å²) in [6.07, 6.45) is 17.3. The molecule has 180 valence electrons. The van der Waals surface area contributed by atoms with Gasteiger partial charge in [-0.15, -0.1) is 5.48 Å². The van der Waals surface area contributed by atoms with Crippen molar-refractivity contribution in [2.75, 3.05) is 5.32 Å². The number of amides is 2. The van der Waals surface area contributed by atoms with Gasteiger partial charge in [0.2, 0.25) is 5.91 Å². The molecule has 1 aromatic heterocycles. The van der Waals surface area contributed by atoms with Crippen molar-refractivity contribution in [2.24, 2.45) is 5.92 Å². The SMILES string of the molecule is CC1NOC=C1C(=O)NC(C(=O)Nc1ccc(C2CCCCC2)cn1)C1CCCCCCC1. The van der Waals surface area contributed by atoms with Crippen molar-refractivity contribution in [2.45, 2.75) is 102 Å².